The maximum Gasteiger partial charge on any atom is 0.310 e. The average molecular weight is 241 g/mol. The minimum atomic E-state index is -0.246. The molecule has 0 amide bonds. The predicted octanol–water partition coefficient (Wildman–Crippen LogP) is 2.93. The topological polar surface area (TPSA) is 39.2 Å². The lowest BCUT2D eigenvalue weighted by Crippen LogP contribution is -2.11. The van der Waals surface area contributed by atoms with Crippen molar-refractivity contribution in [3.8, 4) is 0 Å². The molecule has 0 N–H and O–H groups in total. The first kappa shape index (κ1) is 12.3. The molecule has 0 aliphatic carbocycles. The van der Waals surface area contributed by atoms with E-state index in [0.29, 0.717) is 6.42 Å². The van der Waals surface area contributed by atoms with Gasteiger partial charge in [0.2, 0.25) is 0 Å². The van der Waals surface area contributed by atoms with Gasteiger partial charge >= 0.3 is 5.97 Å². The standard InChI is InChI=1S/C15H15NO2/c1-12(14-7-9-16-10-8-14)18-15(17)11-13-5-3-2-4-6-13/h2-10,12H,11H2,1H3/t12-/m0/s1. The van der Waals surface area contributed by atoms with Gasteiger partial charge in [-0.2, -0.15) is 0 Å². The minimum Gasteiger partial charge on any atom is -0.458 e. The van der Waals surface area contributed by atoms with Crippen molar-refractivity contribution in [3.63, 3.8) is 0 Å². The lowest BCUT2D eigenvalue weighted by Gasteiger charge is -2.13. The predicted molar refractivity (Wildman–Crippen MR) is 68.9 cm³/mol. The van der Waals surface area contributed by atoms with Crippen molar-refractivity contribution in [3.05, 3.63) is 66.0 Å². The van der Waals surface area contributed by atoms with Crippen molar-refractivity contribution in [1.29, 1.82) is 0 Å². The number of pyridine rings is 1. The zero-order chi connectivity index (χ0) is 12.8. The van der Waals surface area contributed by atoms with Crippen LogP contribution in [0.5, 0.6) is 0 Å². The molecule has 3 nitrogen and oxygen atoms in total. The van der Waals surface area contributed by atoms with Crippen LogP contribution in [-0.4, -0.2) is 11.0 Å². The molecular weight excluding hydrogens is 226 g/mol. The lowest BCUT2D eigenvalue weighted by molar-refractivity contribution is -0.147. The quantitative estimate of drug-likeness (QED) is 0.772. The molecular formula is C15H15NO2. The third kappa shape index (κ3) is 3.42. The average Bonchev–Trinajstić information content (AvgIpc) is 2.40. The molecule has 0 radical (unpaired) electrons. The first-order valence-corrected chi connectivity index (χ1v) is 5.89. The molecule has 0 unspecified atom stereocenters. The SMILES string of the molecule is C[C@H](OC(=O)Cc1ccccc1)c1ccncc1. The molecule has 18 heavy (non-hydrogen) atoms. The fraction of sp³-hybridized carbons (Fsp3) is 0.200. The van der Waals surface area contributed by atoms with E-state index in [0.717, 1.165) is 11.1 Å². The summed E-state index contributed by atoms with van der Waals surface area (Å²) in [6.45, 7) is 1.86. The molecule has 1 heterocycles. The largest absolute Gasteiger partial charge is 0.458 e. The summed E-state index contributed by atoms with van der Waals surface area (Å²) in [5.74, 6) is -0.217. The Morgan fingerprint density at radius 1 is 1.17 bits per heavy atom. The van der Waals surface area contributed by atoms with E-state index in [-0.39, 0.29) is 12.1 Å². The van der Waals surface area contributed by atoms with Crippen molar-refractivity contribution in [2.45, 2.75) is 19.4 Å². The monoisotopic (exact) mass is 241 g/mol. The van der Waals surface area contributed by atoms with Gasteiger partial charge < -0.3 is 4.74 Å². The minimum absolute atomic E-state index is 0.217. The van der Waals surface area contributed by atoms with Crippen molar-refractivity contribution in [2.75, 3.05) is 0 Å². The van der Waals surface area contributed by atoms with E-state index < -0.39 is 0 Å². The van der Waals surface area contributed by atoms with Gasteiger partial charge in [0, 0.05) is 12.4 Å². The molecule has 1 aromatic carbocycles. The summed E-state index contributed by atoms with van der Waals surface area (Å²) in [6, 6.07) is 13.3. The Balaban J connectivity index is 1.92. The molecule has 0 bridgehead atoms. The zero-order valence-electron chi connectivity index (χ0n) is 10.2. The van der Waals surface area contributed by atoms with Gasteiger partial charge in [-0.25, -0.2) is 0 Å². The molecule has 3 heteroatoms. The number of carbonyl (C=O) groups excluding carboxylic acids is 1. The van der Waals surface area contributed by atoms with Gasteiger partial charge in [0.05, 0.1) is 6.42 Å². The first-order chi connectivity index (χ1) is 8.75. The normalized spacial score (nSPS) is 11.8. The molecule has 1 atom stereocenters. The van der Waals surface area contributed by atoms with Crippen LogP contribution in [-0.2, 0) is 16.0 Å². The van der Waals surface area contributed by atoms with Crippen LogP contribution in [0.1, 0.15) is 24.2 Å². The number of carbonyl (C=O) groups is 1. The second-order valence-corrected chi connectivity index (χ2v) is 4.08. The number of hydrogen-bond acceptors (Lipinski definition) is 3. The lowest BCUT2D eigenvalue weighted by atomic mass is 10.1. The number of ether oxygens (including phenoxy) is 1. The number of aromatic nitrogens is 1. The summed E-state index contributed by atoms with van der Waals surface area (Å²) in [5, 5.41) is 0. The molecule has 0 saturated carbocycles. The third-order valence-corrected chi connectivity index (χ3v) is 2.68. The van der Waals surface area contributed by atoms with Crippen LogP contribution in [0.2, 0.25) is 0 Å². The Morgan fingerprint density at radius 3 is 2.50 bits per heavy atom. The number of hydrogen-bond donors (Lipinski definition) is 0. The smallest absolute Gasteiger partial charge is 0.310 e. The molecule has 2 rings (SSSR count). The van der Waals surface area contributed by atoms with E-state index in [1.807, 2.05) is 49.4 Å². The van der Waals surface area contributed by atoms with Crippen LogP contribution in [0.25, 0.3) is 0 Å². The zero-order valence-corrected chi connectivity index (χ0v) is 10.2. The van der Waals surface area contributed by atoms with Gasteiger partial charge in [-0.15, -0.1) is 0 Å². The Labute approximate surface area is 106 Å². The Bertz CT molecular complexity index is 496. The summed E-state index contributed by atoms with van der Waals surface area (Å²) in [7, 11) is 0. The van der Waals surface area contributed by atoms with Gasteiger partial charge in [0.25, 0.3) is 0 Å². The van der Waals surface area contributed by atoms with Crippen molar-refractivity contribution >= 4 is 5.97 Å². The van der Waals surface area contributed by atoms with E-state index >= 15 is 0 Å². The summed E-state index contributed by atoms with van der Waals surface area (Å²) < 4.78 is 5.37. The molecule has 92 valence electrons. The molecule has 0 fully saturated rings. The van der Waals surface area contributed by atoms with Gasteiger partial charge in [0.1, 0.15) is 6.10 Å². The fourth-order valence-corrected chi connectivity index (χ4v) is 1.70. The van der Waals surface area contributed by atoms with Crippen molar-refractivity contribution < 1.29 is 9.53 Å². The van der Waals surface area contributed by atoms with Crippen LogP contribution in [0.4, 0.5) is 0 Å². The molecule has 0 aliphatic rings. The number of rotatable bonds is 4. The van der Waals surface area contributed by atoms with Gasteiger partial charge in [-0.3, -0.25) is 9.78 Å². The number of nitrogens with zero attached hydrogens (tertiary/aromatic N) is 1. The van der Waals surface area contributed by atoms with E-state index in [9.17, 15) is 4.79 Å². The second-order valence-electron chi connectivity index (χ2n) is 4.08. The van der Waals surface area contributed by atoms with E-state index in [2.05, 4.69) is 4.98 Å². The van der Waals surface area contributed by atoms with Crippen LogP contribution in [0, 0.1) is 0 Å². The molecule has 2 aromatic rings. The Kier molecular flexibility index (Phi) is 4.07. The van der Waals surface area contributed by atoms with E-state index in [1.54, 1.807) is 12.4 Å². The van der Waals surface area contributed by atoms with Crippen molar-refractivity contribution in [2.24, 2.45) is 0 Å². The first-order valence-electron chi connectivity index (χ1n) is 5.89. The summed E-state index contributed by atoms with van der Waals surface area (Å²) >= 11 is 0. The molecule has 0 saturated heterocycles. The van der Waals surface area contributed by atoms with Gasteiger partial charge in [-0.1, -0.05) is 30.3 Å². The Hall–Kier alpha value is -2.16. The summed E-state index contributed by atoms with van der Waals surface area (Å²) in [4.78, 5) is 15.7. The third-order valence-electron chi connectivity index (χ3n) is 2.68. The van der Waals surface area contributed by atoms with E-state index in [4.69, 9.17) is 4.74 Å². The highest BCUT2D eigenvalue weighted by Gasteiger charge is 2.11. The van der Waals surface area contributed by atoms with E-state index in [1.165, 1.54) is 0 Å². The highest BCUT2D eigenvalue weighted by Crippen LogP contribution is 2.16. The maximum absolute atomic E-state index is 11.8. The highest BCUT2D eigenvalue weighted by molar-refractivity contribution is 5.72. The molecule has 1 aromatic heterocycles. The summed E-state index contributed by atoms with van der Waals surface area (Å²) in [6.07, 6.45) is 3.44. The van der Waals surface area contributed by atoms with Crippen LogP contribution in [0.15, 0.2) is 54.9 Å². The van der Waals surface area contributed by atoms with Gasteiger partial charge in [-0.05, 0) is 30.2 Å². The van der Waals surface area contributed by atoms with Crippen LogP contribution >= 0.6 is 0 Å². The Morgan fingerprint density at radius 2 is 1.83 bits per heavy atom. The van der Waals surface area contributed by atoms with Crippen molar-refractivity contribution in [1.82, 2.24) is 4.98 Å². The maximum atomic E-state index is 11.8. The second kappa shape index (κ2) is 5.96. The fourth-order valence-electron chi connectivity index (χ4n) is 1.70. The number of esters is 1. The molecule has 0 aliphatic heterocycles. The number of benzene rings is 1. The van der Waals surface area contributed by atoms with Gasteiger partial charge in [0.15, 0.2) is 0 Å². The highest BCUT2D eigenvalue weighted by atomic mass is 16.5. The van der Waals surface area contributed by atoms with Crippen LogP contribution < -0.4 is 0 Å². The summed E-state index contributed by atoms with van der Waals surface area (Å²) in [5.41, 5.74) is 1.91. The molecule has 0 spiro atoms. The van der Waals surface area contributed by atoms with Crippen LogP contribution in [0.3, 0.4) is 0 Å².